The number of hydrogen-bond donors (Lipinski definition) is 12. The predicted octanol–water partition coefficient (Wildman–Crippen LogP) is -3.93. The SMILES string of the molecule is O=C(O)CC(=O)OC[C@H]1O[C@@H](Oc2cc(O)c3c(=O)cc(-c4ccc(O)c(O)c4)oc3c2)[C@H](O[C@@H]2OC[C@](O)(CO)[C@@H]2O)[C@@H](O)[C@H]1O[C@@H]1O[C@H](CO)[C@H](O)[C@H](O)[C@@H]1O. The largest absolute Gasteiger partial charge is 0.507 e. The summed E-state index contributed by atoms with van der Waals surface area (Å²) in [6, 6.07) is 6.59. The Balaban J connectivity index is 1.38. The van der Waals surface area contributed by atoms with Crippen LogP contribution in [0.15, 0.2) is 45.6 Å². The van der Waals surface area contributed by atoms with Crippen molar-refractivity contribution in [3.05, 3.63) is 46.6 Å². The summed E-state index contributed by atoms with van der Waals surface area (Å²) >= 11 is 0. The van der Waals surface area contributed by atoms with Crippen molar-refractivity contribution in [3.63, 3.8) is 0 Å². The van der Waals surface area contributed by atoms with Crippen LogP contribution in [0.1, 0.15) is 6.42 Å². The Labute approximate surface area is 324 Å². The van der Waals surface area contributed by atoms with Crippen LogP contribution in [0.5, 0.6) is 23.0 Å². The van der Waals surface area contributed by atoms with Crippen molar-refractivity contribution in [1.29, 1.82) is 0 Å². The molecule has 23 nitrogen and oxygen atoms in total. The number of carbonyl (C=O) groups excluding carboxylic acids is 1. The van der Waals surface area contributed by atoms with Gasteiger partial charge in [0.1, 0.15) is 95.7 Å². The lowest BCUT2D eigenvalue weighted by Gasteiger charge is -2.47. The van der Waals surface area contributed by atoms with E-state index in [4.69, 9.17) is 42.7 Å². The van der Waals surface area contributed by atoms with Gasteiger partial charge in [-0.05, 0) is 18.2 Å². The molecule has 13 atom stereocenters. The van der Waals surface area contributed by atoms with E-state index in [9.17, 15) is 70.6 Å². The maximum atomic E-state index is 13.1. The molecule has 1 aromatic heterocycles. The summed E-state index contributed by atoms with van der Waals surface area (Å²) in [6.45, 7) is -3.46. The molecule has 0 bridgehead atoms. The molecule has 3 aliphatic heterocycles. The van der Waals surface area contributed by atoms with Gasteiger partial charge in [-0.25, -0.2) is 0 Å². The van der Waals surface area contributed by atoms with E-state index in [2.05, 4.69) is 0 Å². The molecule has 2 aromatic carbocycles. The normalized spacial score (nSPS) is 33.9. The summed E-state index contributed by atoms with van der Waals surface area (Å²) in [6.07, 6.45) is -23.8. The van der Waals surface area contributed by atoms with Crippen molar-refractivity contribution in [3.8, 4) is 34.3 Å². The molecule has 12 N–H and O–H groups in total. The lowest BCUT2D eigenvalue weighted by molar-refractivity contribution is -0.364. The van der Waals surface area contributed by atoms with Gasteiger partial charge in [-0.15, -0.1) is 0 Å². The third kappa shape index (κ3) is 8.67. The highest BCUT2D eigenvalue weighted by Gasteiger charge is 2.56. The molecule has 318 valence electrons. The van der Waals surface area contributed by atoms with E-state index in [0.717, 1.165) is 30.3 Å². The average Bonchev–Trinajstić information content (AvgIpc) is 3.46. The van der Waals surface area contributed by atoms with Crippen LogP contribution in [-0.4, -0.2) is 179 Å². The van der Waals surface area contributed by atoms with Gasteiger partial charge in [-0.3, -0.25) is 14.4 Å². The second-order valence-corrected chi connectivity index (χ2v) is 13.7. The summed E-state index contributed by atoms with van der Waals surface area (Å²) in [7, 11) is 0. The molecule has 0 spiro atoms. The summed E-state index contributed by atoms with van der Waals surface area (Å²) < 4.78 is 45.2. The number of carbonyl (C=O) groups is 2. The number of rotatable bonds is 13. The van der Waals surface area contributed by atoms with E-state index < -0.39 is 147 Å². The fourth-order valence-corrected chi connectivity index (χ4v) is 6.45. The third-order valence-corrected chi connectivity index (χ3v) is 9.63. The van der Waals surface area contributed by atoms with Crippen LogP contribution in [0.2, 0.25) is 0 Å². The molecule has 0 radical (unpaired) electrons. The van der Waals surface area contributed by atoms with Crippen molar-refractivity contribution >= 4 is 22.9 Å². The molecule has 0 amide bonds. The molecule has 23 heteroatoms. The fourth-order valence-electron chi connectivity index (χ4n) is 6.45. The third-order valence-electron chi connectivity index (χ3n) is 9.63. The number of aliphatic hydroxyl groups excluding tert-OH is 7. The first-order chi connectivity index (χ1) is 27.4. The number of aliphatic hydroxyl groups is 8. The first-order valence-corrected chi connectivity index (χ1v) is 17.4. The molecular formula is C35H40O23. The average molecular weight is 829 g/mol. The maximum Gasteiger partial charge on any atom is 0.317 e. The second-order valence-electron chi connectivity index (χ2n) is 13.7. The topological polar surface area (TPSA) is 372 Å². The monoisotopic (exact) mass is 828 g/mol. The number of esters is 1. The highest BCUT2D eigenvalue weighted by molar-refractivity contribution is 5.90. The van der Waals surface area contributed by atoms with E-state index in [1.807, 2.05) is 0 Å². The summed E-state index contributed by atoms with van der Waals surface area (Å²) in [5.41, 5.74) is -3.17. The van der Waals surface area contributed by atoms with Gasteiger partial charge in [0.05, 0.1) is 19.8 Å². The van der Waals surface area contributed by atoms with Crippen LogP contribution in [0.4, 0.5) is 0 Å². The number of carboxylic acids is 1. The van der Waals surface area contributed by atoms with Gasteiger partial charge < -0.3 is 98.9 Å². The minimum Gasteiger partial charge on any atom is -0.507 e. The van der Waals surface area contributed by atoms with Gasteiger partial charge in [0, 0.05) is 23.8 Å². The highest BCUT2D eigenvalue weighted by Crippen LogP contribution is 2.38. The zero-order valence-corrected chi connectivity index (χ0v) is 29.8. The number of hydrogen-bond acceptors (Lipinski definition) is 22. The van der Waals surface area contributed by atoms with Gasteiger partial charge in [0.2, 0.25) is 6.29 Å². The summed E-state index contributed by atoms with van der Waals surface area (Å²) in [4.78, 5) is 36.5. The smallest absolute Gasteiger partial charge is 0.317 e. The van der Waals surface area contributed by atoms with Gasteiger partial charge in [-0.2, -0.15) is 0 Å². The molecule has 3 aromatic rings. The molecule has 4 heterocycles. The minimum absolute atomic E-state index is 0.130. The Kier molecular flexibility index (Phi) is 12.7. The zero-order chi connectivity index (χ0) is 42.2. The molecule has 0 unspecified atom stereocenters. The Hall–Kier alpha value is -4.73. The molecule has 6 rings (SSSR count). The van der Waals surface area contributed by atoms with Crippen LogP contribution >= 0.6 is 0 Å². The van der Waals surface area contributed by atoms with Crippen LogP contribution < -0.4 is 10.2 Å². The van der Waals surface area contributed by atoms with Gasteiger partial charge in [0.25, 0.3) is 0 Å². The van der Waals surface area contributed by atoms with Crippen molar-refractivity contribution in [2.45, 2.75) is 85.8 Å². The Morgan fingerprint density at radius 3 is 2.16 bits per heavy atom. The predicted molar refractivity (Wildman–Crippen MR) is 183 cm³/mol. The van der Waals surface area contributed by atoms with E-state index in [0.29, 0.717) is 0 Å². The standard InChI is InChI=1S/C35H40O23/c36-8-20-25(45)26(46)27(47)32(55-20)57-29-21(9-51-23(44)7-22(42)43)56-33(30(28(29)48)58-34-31(49)35(50,10-37)11-52-34)53-13-4-16(40)24-17(41)6-18(54-19(24)5-13)12-1-2-14(38)15(39)3-12/h1-6,20-21,25-34,36-40,45-50H,7-11H2,(H,42,43)/t20-,21-,25+,26+,27+,28+,29+,30-,31-,32+,33-,34+,35-/m1/s1. The van der Waals surface area contributed by atoms with Gasteiger partial charge in [0.15, 0.2) is 35.6 Å². The number of ether oxygens (including phenoxy) is 7. The molecule has 3 aliphatic rings. The molecular weight excluding hydrogens is 788 g/mol. The van der Waals surface area contributed by atoms with Crippen molar-refractivity contribution in [1.82, 2.24) is 0 Å². The molecule has 3 saturated heterocycles. The van der Waals surface area contributed by atoms with Crippen LogP contribution in [0, 0.1) is 0 Å². The summed E-state index contributed by atoms with van der Waals surface area (Å²) in [5, 5.41) is 123. The van der Waals surface area contributed by atoms with Crippen LogP contribution in [0.25, 0.3) is 22.3 Å². The lowest BCUT2D eigenvalue weighted by atomic mass is 9.96. The van der Waals surface area contributed by atoms with Crippen LogP contribution in [0.3, 0.4) is 0 Å². The molecule has 0 saturated carbocycles. The molecule has 3 fully saturated rings. The molecule has 58 heavy (non-hydrogen) atoms. The fraction of sp³-hybridized carbons (Fsp3) is 0.514. The number of benzene rings is 2. The van der Waals surface area contributed by atoms with Crippen molar-refractivity contribution in [2.24, 2.45) is 0 Å². The number of fused-ring (bicyclic) bond motifs is 1. The van der Waals surface area contributed by atoms with E-state index in [1.165, 1.54) is 6.07 Å². The number of aliphatic carboxylic acids is 1. The van der Waals surface area contributed by atoms with Gasteiger partial charge >= 0.3 is 11.9 Å². The zero-order valence-electron chi connectivity index (χ0n) is 29.8. The number of phenolic OH excluding ortho intramolecular Hbond substituents is 3. The Morgan fingerprint density at radius 2 is 1.50 bits per heavy atom. The van der Waals surface area contributed by atoms with E-state index >= 15 is 0 Å². The van der Waals surface area contributed by atoms with E-state index in [1.54, 1.807) is 0 Å². The van der Waals surface area contributed by atoms with Gasteiger partial charge in [-0.1, -0.05) is 0 Å². The Bertz CT molecular complexity index is 2020. The van der Waals surface area contributed by atoms with E-state index in [-0.39, 0.29) is 28.0 Å². The first-order valence-electron chi connectivity index (χ1n) is 17.4. The second kappa shape index (κ2) is 17.2. The van der Waals surface area contributed by atoms with Crippen molar-refractivity contribution in [2.75, 3.05) is 26.4 Å². The van der Waals surface area contributed by atoms with Crippen molar-refractivity contribution < 1.29 is 108 Å². The summed E-state index contributed by atoms with van der Waals surface area (Å²) in [5.74, 6) is -5.03. The number of carboxylic acid groups (broad SMARTS) is 1. The lowest BCUT2D eigenvalue weighted by Crippen LogP contribution is -2.66. The first kappa shape index (κ1) is 42.9. The minimum atomic E-state index is -2.25. The van der Waals surface area contributed by atoms with Crippen LogP contribution in [-0.2, 0) is 38.0 Å². The number of phenols is 3. The highest BCUT2D eigenvalue weighted by atomic mass is 16.8. The Morgan fingerprint density at radius 1 is 0.793 bits per heavy atom. The molecule has 0 aliphatic carbocycles. The quantitative estimate of drug-likeness (QED) is 0.0445. The number of aromatic hydroxyl groups is 3. The maximum absolute atomic E-state index is 13.1.